The molecule has 2 aliphatic rings. The first-order valence-electron chi connectivity index (χ1n) is 7.28. The smallest absolute Gasteiger partial charge is 0.205 e. The van der Waals surface area contributed by atoms with Crippen molar-refractivity contribution in [3.8, 4) is 0 Å². The molecule has 1 aromatic heterocycles. The van der Waals surface area contributed by atoms with Crippen molar-refractivity contribution < 1.29 is 4.74 Å². The van der Waals surface area contributed by atoms with Gasteiger partial charge >= 0.3 is 0 Å². The van der Waals surface area contributed by atoms with E-state index < -0.39 is 0 Å². The average Bonchev–Trinajstić information content (AvgIpc) is 2.87. The van der Waals surface area contributed by atoms with Gasteiger partial charge in [-0.3, -0.25) is 4.90 Å². The van der Waals surface area contributed by atoms with Crippen molar-refractivity contribution in [3.63, 3.8) is 0 Å². The number of morpholine rings is 1. The number of rotatable bonds is 4. The van der Waals surface area contributed by atoms with Crippen molar-refractivity contribution in [2.75, 3.05) is 25.0 Å². The number of ether oxygens (including phenoxy) is 1. The second kappa shape index (κ2) is 6.15. The maximum absolute atomic E-state index is 5.91. The highest BCUT2D eigenvalue weighted by atomic mass is 32.1. The van der Waals surface area contributed by atoms with Crippen molar-refractivity contribution in [1.82, 2.24) is 15.1 Å². The highest BCUT2D eigenvalue weighted by Gasteiger charge is 2.34. The number of hydrogen-bond donors (Lipinski definition) is 1. The van der Waals surface area contributed by atoms with Crippen molar-refractivity contribution in [1.29, 1.82) is 0 Å². The summed E-state index contributed by atoms with van der Waals surface area (Å²) in [5.74, 6) is 0. The zero-order chi connectivity index (χ0) is 13.1. The Bertz CT molecular complexity index is 409. The number of hydrogen-bond acceptors (Lipinski definition) is 6. The van der Waals surface area contributed by atoms with Crippen LogP contribution in [0.25, 0.3) is 0 Å². The molecule has 1 saturated carbocycles. The summed E-state index contributed by atoms with van der Waals surface area (Å²) < 4.78 is 5.91. The van der Waals surface area contributed by atoms with E-state index in [2.05, 4.69) is 27.3 Å². The van der Waals surface area contributed by atoms with Gasteiger partial charge in [-0.05, 0) is 19.8 Å². The maximum atomic E-state index is 5.91. The lowest BCUT2D eigenvalue weighted by atomic mass is 9.90. The SMILES string of the molecule is CCNc1nnc(CN2CCOC3CCCCC32)s1. The van der Waals surface area contributed by atoms with Crippen LogP contribution in [0.15, 0.2) is 0 Å². The third-order valence-corrected chi connectivity index (χ3v) is 4.85. The highest BCUT2D eigenvalue weighted by Crippen LogP contribution is 2.30. The second-order valence-electron chi connectivity index (χ2n) is 5.26. The van der Waals surface area contributed by atoms with E-state index in [0.717, 1.165) is 36.4 Å². The minimum Gasteiger partial charge on any atom is -0.375 e. The summed E-state index contributed by atoms with van der Waals surface area (Å²) in [7, 11) is 0. The van der Waals surface area contributed by atoms with Crippen molar-refractivity contribution in [2.45, 2.75) is 51.3 Å². The molecular formula is C13H22N4OS. The molecule has 2 heterocycles. The molecule has 106 valence electrons. The first-order valence-corrected chi connectivity index (χ1v) is 8.10. The van der Waals surface area contributed by atoms with Crippen LogP contribution in [0.3, 0.4) is 0 Å². The van der Waals surface area contributed by atoms with Gasteiger partial charge in [-0.15, -0.1) is 10.2 Å². The second-order valence-corrected chi connectivity index (χ2v) is 6.32. The lowest BCUT2D eigenvalue weighted by molar-refractivity contribution is -0.0911. The van der Waals surface area contributed by atoms with Gasteiger partial charge < -0.3 is 10.1 Å². The number of nitrogens with one attached hydrogen (secondary N) is 1. The van der Waals surface area contributed by atoms with E-state index in [1.807, 2.05) is 0 Å². The minimum atomic E-state index is 0.448. The molecule has 6 heteroatoms. The zero-order valence-electron chi connectivity index (χ0n) is 11.5. The summed E-state index contributed by atoms with van der Waals surface area (Å²) in [4.78, 5) is 2.55. The first-order chi connectivity index (χ1) is 9.36. The van der Waals surface area contributed by atoms with Gasteiger partial charge in [0.05, 0.1) is 19.3 Å². The van der Waals surface area contributed by atoms with Crippen LogP contribution in [0, 0.1) is 0 Å². The van der Waals surface area contributed by atoms with E-state index in [4.69, 9.17) is 4.74 Å². The van der Waals surface area contributed by atoms with E-state index in [0.29, 0.717) is 12.1 Å². The van der Waals surface area contributed by atoms with Crippen LogP contribution in [0.1, 0.15) is 37.6 Å². The summed E-state index contributed by atoms with van der Waals surface area (Å²) in [6, 6.07) is 0.592. The zero-order valence-corrected chi connectivity index (χ0v) is 12.3. The molecule has 2 fully saturated rings. The van der Waals surface area contributed by atoms with Gasteiger partial charge in [0.25, 0.3) is 0 Å². The molecule has 2 unspecified atom stereocenters. The van der Waals surface area contributed by atoms with Crippen LogP contribution in [0.5, 0.6) is 0 Å². The molecule has 1 aliphatic heterocycles. The Kier molecular flexibility index (Phi) is 4.30. The fourth-order valence-corrected chi connectivity index (χ4v) is 3.92. The van der Waals surface area contributed by atoms with Gasteiger partial charge in [0.15, 0.2) is 0 Å². The molecule has 0 amide bonds. The summed E-state index contributed by atoms with van der Waals surface area (Å²) >= 11 is 1.67. The molecule has 0 spiro atoms. The summed E-state index contributed by atoms with van der Waals surface area (Å²) in [6.45, 7) is 5.79. The van der Waals surface area contributed by atoms with Gasteiger partial charge in [-0.25, -0.2) is 0 Å². The number of nitrogens with zero attached hydrogens (tertiary/aromatic N) is 3. The fraction of sp³-hybridized carbons (Fsp3) is 0.846. The predicted octanol–water partition coefficient (Wildman–Crippen LogP) is 2.11. The van der Waals surface area contributed by atoms with Crippen molar-refractivity contribution >= 4 is 16.5 Å². The van der Waals surface area contributed by atoms with Crippen LogP contribution in [0.4, 0.5) is 5.13 Å². The molecule has 1 saturated heterocycles. The fourth-order valence-electron chi connectivity index (χ4n) is 3.09. The van der Waals surface area contributed by atoms with Crippen LogP contribution in [0.2, 0.25) is 0 Å². The van der Waals surface area contributed by atoms with Crippen molar-refractivity contribution in [2.24, 2.45) is 0 Å². The van der Waals surface area contributed by atoms with Crippen LogP contribution < -0.4 is 5.32 Å². The molecule has 19 heavy (non-hydrogen) atoms. The Balaban J connectivity index is 1.63. The topological polar surface area (TPSA) is 50.3 Å². The van der Waals surface area contributed by atoms with E-state index in [9.17, 15) is 0 Å². The molecule has 1 aromatic rings. The normalized spacial score (nSPS) is 28.1. The van der Waals surface area contributed by atoms with Crippen molar-refractivity contribution in [3.05, 3.63) is 5.01 Å². The Morgan fingerprint density at radius 1 is 1.37 bits per heavy atom. The Hall–Kier alpha value is -0.720. The average molecular weight is 282 g/mol. The quantitative estimate of drug-likeness (QED) is 0.916. The van der Waals surface area contributed by atoms with Gasteiger partial charge in [0.2, 0.25) is 5.13 Å². The van der Waals surface area contributed by atoms with E-state index >= 15 is 0 Å². The predicted molar refractivity (Wildman–Crippen MR) is 76.5 cm³/mol. The molecule has 5 nitrogen and oxygen atoms in total. The standard InChI is InChI=1S/C13H22N4OS/c1-2-14-13-16-15-12(19-13)9-17-7-8-18-11-6-4-3-5-10(11)17/h10-11H,2-9H2,1H3,(H,14,16). The van der Waals surface area contributed by atoms with Gasteiger partial charge in [0, 0.05) is 19.1 Å². The Labute approximate surface area is 118 Å². The lowest BCUT2D eigenvalue weighted by Gasteiger charge is -2.43. The summed E-state index contributed by atoms with van der Waals surface area (Å²) in [5, 5.41) is 13.7. The van der Waals surface area contributed by atoms with E-state index in [1.54, 1.807) is 11.3 Å². The van der Waals surface area contributed by atoms with Gasteiger partial charge in [-0.1, -0.05) is 24.2 Å². The molecule has 1 aliphatic carbocycles. The maximum Gasteiger partial charge on any atom is 0.205 e. The summed E-state index contributed by atoms with van der Waals surface area (Å²) in [6.07, 6.45) is 5.59. The molecule has 0 radical (unpaired) electrons. The third-order valence-electron chi connectivity index (χ3n) is 3.98. The largest absolute Gasteiger partial charge is 0.375 e. The Morgan fingerprint density at radius 2 is 2.26 bits per heavy atom. The monoisotopic (exact) mass is 282 g/mol. The third kappa shape index (κ3) is 3.07. The molecule has 2 atom stereocenters. The number of anilines is 1. The Morgan fingerprint density at radius 3 is 3.16 bits per heavy atom. The van der Waals surface area contributed by atoms with Crippen LogP contribution >= 0.6 is 11.3 Å². The number of aromatic nitrogens is 2. The first kappa shape index (κ1) is 13.3. The minimum absolute atomic E-state index is 0.448. The molecular weight excluding hydrogens is 260 g/mol. The number of fused-ring (bicyclic) bond motifs is 1. The lowest BCUT2D eigenvalue weighted by Crippen LogP contribution is -2.52. The molecule has 0 bridgehead atoms. The molecule has 0 aromatic carbocycles. The van der Waals surface area contributed by atoms with Crippen LogP contribution in [-0.4, -0.2) is 46.9 Å². The van der Waals surface area contributed by atoms with Gasteiger partial charge in [-0.2, -0.15) is 0 Å². The van der Waals surface area contributed by atoms with Crippen LogP contribution in [-0.2, 0) is 11.3 Å². The summed E-state index contributed by atoms with van der Waals surface area (Å²) in [5.41, 5.74) is 0. The molecule has 3 rings (SSSR count). The van der Waals surface area contributed by atoms with Gasteiger partial charge in [0.1, 0.15) is 5.01 Å². The van der Waals surface area contributed by atoms with E-state index in [-0.39, 0.29) is 0 Å². The van der Waals surface area contributed by atoms with E-state index in [1.165, 1.54) is 25.7 Å². The highest BCUT2D eigenvalue weighted by molar-refractivity contribution is 7.15. The molecule has 1 N–H and O–H groups in total.